The number of hydrogen-bond donors (Lipinski definition) is 0. The Hall–Kier alpha value is -0.486. The van der Waals surface area contributed by atoms with Crippen molar-refractivity contribution in [3.8, 4) is 0 Å². The smallest absolute Gasteiger partial charge is 0.146 e. The molecule has 0 spiro atoms. The van der Waals surface area contributed by atoms with Gasteiger partial charge < -0.3 is 23.6 Å². The van der Waals surface area contributed by atoms with Crippen LogP contribution in [-0.2, 0) is 55.4 Å². The Morgan fingerprint density at radius 2 is 1.14 bits per heavy atom. The van der Waals surface area contributed by atoms with Gasteiger partial charge in [0.1, 0.15) is 11.6 Å². The number of pyridine rings is 1. The molecule has 2 unspecified atom stereocenters. The van der Waals surface area contributed by atoms with Gasteiger partial charge in [0, 0.05) is 45.8 Å². The largest absolute Gasteiger partial charge is 0.330 e. The Kier molecular flexibility index (Phi) is 12.1. The van der Waals surface area contributed by atoms with Crippen molar-refractivity contribution in [2.24, 2.45) is 0 Å². The van der Waals surface area contributed by atoms with Crippen LogP contribution in [0.4, 0.5) is 0 Å². The third-order valence-corrected chi connectivity index (χ3v) is 5.81. The van der Waals surface area contributed by atoms with E-state index < -0.39 is 0 Å². The third-order valence-electron chi connectivity index (χ3n) is 5.81. The molecule has 1 rings (SSSR count). The zero-order chi connectivity index (χ0) is 20.9. The second-order valence-corrected chi connectivity index (χ2v) is 7.39. The van der Waals surface area contributed by atoms with Crippen LogP contribution < -0.4 is 0 Å². The van der Waals surface area contributed by atoms with E-state index in [2.05, 4.69) is 34.6 Å². The van der Waals surface area contributed by atoms with Gasteiger partial charge in [-0.3, -0.25) is 14.6 Å². The summed E-state index contributed by atoms with van der Waals surface area (Å²) in [7, 11) is 0. The van der Waals surface area contributed by atoms with Crippen LogP contribution in [0.25, 0.3) is 0 Å². The van der Waals surface area contributed by atoms with E-state index in [0.717, 1.165) is 22.5 Å². The summed E-state index contributed by atoms with van der Waals surface area (Å²) in [6, 6.07) is -0.384. The number of rotatable bonds is 10. The molecule has 0 aliphatic heterocycles. The average Bonchev–Trinajstić information content (AvgIpc) is 2.63. The van der Waals surface area contributed by atoms with Crippen molar-refractivity contribution in [3.05, 3.63) is 41.9 Å². The van der Waals surface area contributed by atoms with Gasteiger partial charge in [-0.2, -0.15) is 0 Å². The molecule has 0 saturated carbocycles. The van der Waals surface area contributed by atoms with Crippen molar-refractivity contribution in [1.82, 2.24) is 14.8 Å². The average molecular weight is 462 g/mol. The maximum Gasteiger partial charge on any atom is 0.146 e. The summed E-state index contributed by atoms with van der Waals surface area (Å²) < 4.78 is 0. The fraction of sp³-hybridized carbons (Fsp3) is 0.591. The number of carbonyl (C=O) groups is 2. The molecular formula is C22H35N3O2Y-2. The van der Waals surface area contributed by atoms with Crippen molar-refractivity contribution in [1.29, 1.82) is 0 Å². The molecule has 0 bridgehead atoms. The van der Waals surface area contributed by atoms with Gasteiger partial charge in [-0.05, 0) is 65.2 Å². The summed E-state index contributed by atoms with van der Waals surface area (Å²) in [4.78, 5) is 32.6. The fourth-order valence-corrected chi connectivity index (χ4v) is 3.07. The molecule has 1 heterocycles. The van der Waals surface area contributed by atoms with E-state index in [1.807, 2.05) is 23.6 Å². The van der Waals surface area contributed by atoms with Gasteiger partial charge in [0.2, 0.25) is 0 Å². The molecule has 2 atom stereocenters. The number of Topliss-reactive ketones (excluding diaryl/α,β-unsaturated/α-hetero) is 2. The Balaban J connectivity index is 0.00000729. The van der Waals surface area contributed by atoms with Crippen molar-refractivity contribution in [3.63, 3.8) is 0 Å². The van der Waals surface area contributed by atoms with Gasteiger partial charge in [-0.1, -0.05) is 0 Å². The molecule has 155 valence electrons. The zero-order valence-corrected chi connectivity index (χ0v) is 21.5. The molecule has 6 heteroatoms. The molecule has 0 aliphatic carbocycles. The first-order chi connectivity index (χ1) is 12.5. The third kappa shape index (κ3) is 6.79. The molecule has 1 radical (unpaired) electrons. The van der Waals surface area contributed by atoms with Crippen molar-refractivity contribution in [2.75, 3.05) is 13.1 Å². The van der Waals surface area contributed by atoms with Crippen LogP contribution in [0.2, 0.25) is 0 Å². The van der Waals surface area contributed by atoms with E-state index in [0.29, 0.717) is 26.2 Å². The van der Waals surface area contributed by atoms with E-state index in [9.17, 15) is 9.59 Å². The standard InChI is InChI=1S/C22H35N3O2.Y/c1-10-24(17(6)19(8)26)12-21-15(4)14(3)16(5)22(23-21)13-25(11-2)18(7)20(9)27;/h17-18H,1-2,10-13H2,3-9H3;/q-2;. The van der Waals surface area contributed by atoms with Crippen LogP contribution in [0, 0.1) is 34.6 Å². The summed E-state index contributed by atoms with van der Waals surface area (Å²) in [5.74, 6) is 0.248. The molecule has 0 saturated heterocycles. The molecule has 1 aromatic rings. The first-order valence-electron chi connectivity index (χ1n) is 9.58. The summed E-state index contributed by atoms with van der Waals surface area (Å²) >= 11 is 0. The van der Waals surface area contributed by atoms with Gasteiger partial charge in [0.25, 0.3) is 0 Å². The molecule has 0 N–H and O–H groups in total. The van der Waals surface area contributed by atoms with Gasteiger partial charge in [0.05, 0.1) is 23.5 Å². The second kappa shape index (κ2) is 12.3. The van der Waals surface area contributed by atoms with Crippen molar-refractivity contribution < 1.29 is 42.3 Å². The molecule has 0 aliphatic rings. The minimum atomic E-state index is -0.192. The van der Waals surface area contributed by atoms with E-state index in [1.165, 1.54) is 5.56 Å². The number of carbonyl (C=O) groups excluding carboxylic acids is 2. The Bertz CT molecular complexity index is 637. The summed E-state index contributed by atoms with van der Waals surface area (Å²) in [5, 5.41) is 0. The van der Waals surface area contributed by atoms with E-state index >= 15 is 0 Å². The minimum Gasteiger partial charge on any atom is -0.330 e. The minimum absolute atomic E-state index is 0. The predicted octanol–water partition coefficient (Wildman–Crippen LogP) is 3.23. The SMILES string of the molecule is [CH2-]CN(Cc1nc(CN(C[CH2-])C(C)C(C)=O)c(C)c(C)c1C)C(C)C(C)=O.[Y]. The van der Waals surface area contributed by atoms with Crippen LogP contribution in [-0.4, -0.2) is 51.5 Å². The molecule has 1 aromatic heterocycles. The van der Waals surface area contributed by atoms with Gasteiger partial charge in [0.15, 0.2) is 0 Å². The zero-order valence-electron chi connectivity index (χ0n) is 18.6. The fourth-order valence-electron chi connectivity index (χ4n) is 3.07. The quantitative estimate of drug-likeness (QED) is 0.500. The van der Waals surface area contributed by atoms with Crippen molar-refractivity contribution >= 4 is 11.6 Å². The number of ketones is 2. The van der Waals surface area contributed by atoms with Crippen LogP contribution in [0.5, 0.6) is 0 Å². The summed E-state index contributed by atoms with van der Waals surface area (Å²) in [6.07, 6.45) is 0. The van der Waals surface area contributed by atoms with Gasteiger partial charge >= 0.3 is 0 Å². The number of hydrogen-bond acceptors (Lipinski definition) is 5. The van der Waals surface area contributed by atoms with E-state index in [-0.39, 0.29) is 56.4 Å². The van der Waals surface area contributed by atoms with E-state index in [4.69, 9.17) is 4.98 Å². The van der Waals surface area contributed by atoms with Crippen LogP contribution in [0.3, 0.4) is 0 Å². The normalized spacial score (nSPS) is 13.4. The molecule has 28 heavy (non-hydrogen) atoms. The Morgan fingerprint density at radius 3 is 1.39 bits per heavy atom. The number of nitrogens with zero attached hydrogens (tertiary/aromatic N) is 3. The topological polar surface area (TPSA) is 53.5 Å². The van der Waals surface area contributed by atoms with Crippen LogP contribution in [0.15, 0.2) is 0 Å². The van der Waals surface area contributed by atoms with Crippen molar-refractivity contribution in [2.45, 2.75) is 73.6 Å². The predicted molar refractivity (Wildman–Crippen MR) is 110 cm³/mol. The molecular weight excluding hydrogens is 427 g/mol. The summed E-state index contributed by atoms with van der Waals surface area (Å²) in [5.41, 5.74) is 5.42. The Morgan fingerprint density at radius 1 is 0.821 bits per heavy atom. The maximum absolute atomic E-state index is 11.8. The van der Waals surface area contributed by atoms with Gasteiger partial charge in [-0.15, -0.1) is 13.1 Å². The van der Waals surface area contributed by atoms with Crippen LogP contribution >= 0.6 is 0 Å². The van der Waals surface area contributed by atoms with Gasteiger partial charge in [-0.25, -0.2) is 0 Å². The maximum atomic E-state index is 11.8. The Labute approximate surface area is 196 Å². The second-order valence-electron chi connectivity index (χ2n) is 7.39. The molecule has 0 aromatic carbocycles. The van der Waals surface area contributed by atoms with Crippen LogP contribution in [0.1, 0.15) is 55.8 Å². The first kappa shape index (κ1) is 27.5. The van der Waals surface area contributed by atoms with E-state index in [1.54, 1.807) is 13.8 Å². The molecule has 0 amide bonds. The molecule has 0 fully saturated rings. The summed E-state index contributed by atoms with van der Waals surface area (Å²) in [6.45, 7) is 23.5. The number of aromatic nitrogens is 1. The first-order valence-corrected chi connectivity index (χ1v) is 9.58. The monoisotopic (exact) mass is 462 g/mol. The molecule has 5 nitrogen and oxygen atoms in total.